The molecule has 0 amide bonds. The first-order chi connectivity index (χ1) is 5.86. The zero-order chi connectivity index (χ0) is 8.39. The van der Waals surface area contributed by atoms with Gasteiger partial charge in [0.15, 0.2) is 0 Å². The lowest BCUT2D eigenvalue weighted by Crippen LogP contribution is -2.21. The van der Waals surface area contributed by atoms with Crippen molar-refractivity contribution in [3.8, 4) is 0 Å². The van der Waals surface area contributed by atoms with Crippen LogP contribution < -0.4 is 5.73 Å². The molecule has 0 aliphatic carbocycles. The summed E-state index contributed by atoms with van der Waals surface area (Å²) in [6, 6.07) is 8.99. The number of hydrogen-bond donors (Lipinski definition) is 1. The second kappa shape index (κ2) is 3.50. The summed E-state index contributed by atoms with van der Waals surface area (Å²) in [6.07, 6.45) is 2.27. The fourth-order valence-corrected chi connectivity index (χ4v) is 2.56. The van der Waals surface area contributed by atoms with E-state index in [9.17, 15) is 0 Å². The van der Waals surface area contributed by atoms with E-state index in [0.717, 1.165) is 18.6 Å². The van der Waals surface area contributed by atoms with Crippen LogP contribution in [-0.2, 0) is 6.42 Å². The van der Waals surface area contributed by atoms with Crippen molar-refractivity contribution in [3.63, 3.8) is 0 Å². The monoisotopic (exact) mass is 179 g/mol. The van der Waals surface area contributed by atoms with Crippen molar-refractivity contribution in [2.45, 2.75) is 23.8 Å². The summed E-state index contributed by atoms with van der Waals surface area (Å²) in [5.74, 6) is 1.07. The van der Waals surface area contributed by atoms with Crippen LogP contribution in [0.25, 0.3) is 0 Å². The van der Waals surface area contributed by atoms with Gasteiger partial charge < -0.3 is 5.73 Å². The molecule has 1 heterocycles. The van der Waals surface area contributed by atoms with Crippen molar-refractivity contribution >= 4 is 11.8 Å². The Kier molecular flexibility index (Phi) is 2.38. The summed E-state index contributed by atoms with van der Waals surface area (Å²) >= 11 is 1.89. The number of aryl methyl sites for hydroxylation is 1. The largest absolute Gasteiger partial charge is 0.327 e. The molecule has 0 spiro atoms. The van der Waals surface area contributed by atoms with Crippen molar-refractivity contribution in [2.75, 3.05) is 5.75 Å². The number of rotatable bonds is 0. The minimum atomic E-state index is 0.377. The first kappa shape index (κ1) is 8.14. The molecule has 2 heteroatoms. The van der Waals surface area contributed by atoms with E-state index < -0.39 is 0 Å². The third kappa shape index (κ3) is 1.65. The van der Waals surface area contributed by atoms with Crippen molar-refractivity contribution in [3.05, 3.63) is 29.8 Å². The summed E-state index contributed by atoms with van der Waals surface area (Å²) in [5.41, 5.74) is 7.36. The molecule has 64 valence electrons. The highest BCUT2D eigenvalue weighted by molar-refractivity contribution is 7.99. The van der Waals surface area contributed by atoms with Crippen LogP contribution in [0.5, 0.6) is 0 Å². The topological polar surface area (TPSA) is 26.0 Å². The van der Waals surface area contributed by atoms with E-state index in [0.29, 0.717) is 6.04 Å². The van der Waals surface area contributed by atoms with E-state index in [2.05, 4.69) is 24.3 Å². The highest BCUT2D eigenvalue weighted by atomic mass is 32.2. The van der Waals surface area contributed by atoms with Gasteiger partial charge in [-0.05, 0) is 24.5 Å². The third-order valence-corrected chi connectivity index (χ3v) is 3.51. The van der Waals surface area contributed by atoms with E-state index >= 15 is 0 Å². The molecule has 2 rings (SSSR count). The number of benzene rings is 1. The van der Waals surface area contributed by atoms with Gasteiger partial charge in [-0.3, -0.25) is 0 Å². The zero-order valence-electron chi connectivity index (χ0n) is 6.99. The summed E-state index contributed by atoms with van der Waals surface area (Å²) in [5, 5.41) is 0. The van der Waals surface area contributed by atoms with Gasteiger partial charge in [0, 0.05) is 16.7 Å². The molecular weight excluding hydrogens is 166 g/mol. The molecule has 0 saturated heterocycles. The van der Waals surface area contributed by atoms with Crippen molar-refractivity contribution in [2.24, 2.45) is 5.73 Å². The summed E-state index contributed by atoms with van der Waals surface area (Å²) in [4.78, 5) is 1.42. The predicted octanol–water partition coefficient (Wildman–Crippen LogP) is 2.05. The van der Waals surface area contributed by atoms with Crippen LogP contribution in [0.1, 0.15) is 12.0 Å². The minimum Gasteiger partial charge on any atom is -0.327 e. The first-order valence-corrected chi connectivity index (χ1v) is 5.31. The molecule has 1 aliphatic heterocycles. The van der Waals surface area contributed by atoms with Gasteiger partial charge in [0.2, 0.25) is 0 Å². The molecule has 12 heavy (non-hydrogen) atoms. The SMILES string of the molecule is NC1CCc2ccccc2SC1. The van der Waals surface area contributed by atoms with Crippen LogP contribution in [0.4, 0.5) is 0 Å². The van der Waals surface area contributed by atoms with Crippen molar-refractivity contribution < 1.29 is 0 Å². The van der Waals surface area contributed by atoms with Gasteiger partial charge in [0.05, 0.1) is 0 Å². The van der Waals surface area contributed by atoms with Gasteiger partial charge in [0.25, 0.3) is 0 Å². The van der Waals surface area contributed by atoms with Crippen LogP contribution in [0.2, 0.25) is 0 Å². The molecule has 1 aromatic carbocycles. The van der Waals surface area contributed by atoms with Gasteiger partial charge in [-0.25, -0.2) is 0 Å². The van der Waals surface area contributed by atoms with Gasteiger partial charge >= 0.3 is 0 Å². The average Bonchev–Trinajstić information content (AvgIpc) is 2.29. The van der Waals surface area contributed by atoms with E-state index in [4.69, 9.17) is 5.73 Å². The van der Waals surface area contributed by atoms with Crippen LogP contribution in [0, 0.1) is 0 Å². The minimum absolute atomic E-state index is 0.377. The predicted molar refractivity (Wildman–Crippen MR) is 53.5 cm³/mol. The number of hydrogen-bond acceptors (Lipinski definition) is 2. The number of fused-ring (bicyclic) bond motifs is 1. The summed E-state index contributed by atoms with van der Waals surface area (Å²) in [7, 11) is 0. The Balaban J connectivity index is 2.26. The number of thioether (sulfide) groups is 1. The summed E-state index contributed by atoms with van der Waals surface area (Å²) in [6.45, 7) is 0. The Hall–Kier alpha value is -0.470. The zero-order valence-corrected chi connectivity index (χ0v) is 7.81. The Morgan fingerprint density at radius 3 is 3.08 bits per heavy atom. The van der Waals surface area contributed by atoms with Crippen molar-refractivity contribution in [1.29, 1.82) is 0 Å². The lowest BCUT2D eigenvalue weighted by atomic mass is 10.1. The van der Waals surface area contributed by atoms with E-state index in [1.54, 1.807) is 0 Å². The second-order valence-corrected chi connectivity index (χ2v) is 4.28. The molecule has 1 aromatic rings. The Bertz CT molecular complexity index is 245. The highest BCUT2D eigenvalue weighted by Gasteiger charge is 2.12. The molecule has 1 aliphatic rings. The van der Waals surface area contributed by atoms with E-state index in [1.807, 2.05) is 11.8 Å². The normalized spacial score (nSPS) is 22.9. The maximum absolute atomic E-state index is 5.89. The Labute approximate surface area is 77.3 Å². The average molecular weight is 179 g/mol. The molecule has 0 radical (unpaired) electrons. The van der Waals surface area contributed by atoms with Crippen molar-refractivity contribution in [1.82, 2.24) is 0 Å². The van der Waals surface area contributed by atoms with E-state index in [1.165, 1.54) is 10.5 Å². The van der Waals surface area contributed by atoms with Crippen LogP contribution in [0.15, 0.2) is 29.2 Å². The second-order valence-electron chi connectivity index (χ2n) is 3.22. The standard InChI is InChI=1S/C10H13NS/c11-9-6-5-8-3-1-2-4-10(8)12-7-9/h1-4,9H,5-7,11H2. The summed E-state index contributed by atoms with van der Waals surface area (Å²) < 4.78 is 0. The molecule has 1 atom stereocenters. The maximum atomic E-state index is 5.89. The fourth-order valence-electron chi connectivity index (χ4n) is 1.47. The van der Waals surface area contributed by atoms with Gasteiger partial charge in [-0.2, -0.15) is 0 Å². The lowest BCUT2D eigenvalue weighted by molar-refractivity contribution is 0.678. The quantitative estimate of drug-likeness (QED) is 0.659. The Morgan fingerprint density at radius 2 is 2.17 bits per heavy atom. The molecule has 0 saturated carbocycles. The molecule has 0 aromatic heterocycles. The van der Waals surface area contributed by atoms with E-state index in [-0.39, 0.29) is 0 Å². The molecule has 1 unspecified atom stereocenters. The first-order valence-electron chi connectivity index (χ1n) is 4.32. The van der Waals surface area contributed by atoms with Crippen LogP contribution >= 0.6 is 11.8 Å². The van der Waals surface area contributed by atoms with Gasteiger partial charge in [-0.1, -0.05) is 18.2 Å². The maximum Gasteiger partial charge on any atom is 0.0137 e. The lowest BCUT2D eigenvalue weighted by Gasteiger charge is -2.03. The smallest absolute Gasteiger partial charge is 0.0137 e. The van der Waals surface area contributed by atoms with Gasteiger partial charge in [0.1, 0.15) is 0 Å². The number of nitrogens with two attached hydrogens (primary N) is 1. The third-order valence-electron chi connectivity index (χ3n) is 2.21. The molecule has 1 nitrogen and oxygen atoms in total. The molecular formula is C10H13NS. The highest BCUT2D eigenvalue weighted by Crippen LogP contribution is 2.27. The molecule has 2 N–H and O–H groups in total. The van der Waals surface area contributed by atoms with Gasteiger partial charge in [-0.15, -0.1) is 11.8 Å². The Morgan fingerprint density at radius 1 is 1.33 bits per heavy atom. The van der Waals surface area contributed by atoms with Crippen LogP contribution in [0.3, 0.4) is 0 Å². The van der Waals surface area contributed by atoms with Crippen LogP contribution in [-0.4, -0.2) is 11.8 Å². The fraction of sp³-hybridized carbons (Fsp3) is 0.400. The molecule has 0 bridgehead atoms. The molecule has 0 fully saturated rings.